The standard InChI is InChI=1S/C21H26N4O3S/c1-3-6-14-9-19(26)23-21(22-14)29-13-20(27)25-12-15-10-16(25)11-24(15)17-7-4-5-8-18(17)28-2/h4-5,7-9,15-16H,3,6,10-13H2,1-2H3,(H,22,23,26)/t15-,16-/m0/s1. The number of methoxy groups -OCH3 is 1. The third-order valence-electron chi connectivity index (χ3n) is 5.57. The van der Waals surface area contributed by atoms with E-state index in [9.17, 15) is 9.59 Å². The first kappa shape index (κ1) is 19.8. The molecule has 1 aromatic heterocycles. The topological polar surface area (TPSA) is 78.5 Å². The summed E-state index contributed by atoms with van der Waals surface area (Å²) in [6, 6.07) is 10.1. The number of aromatic amines is 1. The minimum Gasteiger partial charge on any atom is -0.495 e. The van der Waals surface area contributed by atoms with Crippen molar-refractivity contribution in [3.05, 3.63) is 46.4 Å². The number of fused-ring (bicyclic) bond motifs is 2. The van der Waals surface area contributed by atoms with Crippen LogP contribution in [0.15, 0.2) is 40.3 Å². The molecule has 0 saturated carbocycles. The maximum Gasteiger partial charge on any atom is 0.251 e. The van der Waals surface area contributed by atoms with E-state index in [4.69, 9.17) is 4.74 Å². The Morgan fingerprint density at radius 3 is 2.86 bits per heavy atom. The van der Waals surface area contributed by atoms with Crippen LogP contribution in [0.2, 0.25) is 0 Å². The number of carbonyl (C=O) groups excluding carboxylic acids is 1. The van der Waals surface area contributed by atoms with E-state index in [2.05, 4.69) is 27.9 Å². The number of piperazine rings is 1. The van der Waals surface area contributed by atoms with E-state index in [0.29, 0.717) is 11.2 Å². The van der Waals surface area contributed by atoms with Gasteiger partial charge in [-0.2, -0.15) is 0 Å². The van der Waals surface area contributed by atoms with Crippen LogP contribution in [0.3, 0.4) is 0 Å². The maximum atomic E-state index is 12.8. The fourth-order valence-corrected chi connectivity index (χ4v) is 5.06. The van der Waals surface area contributed by atoms with Crippen LogP contribution in [0.1, 0.15) is 25.5 Å². The molecule has 1 amide bonds. The first-order valence-electron chi connectivity index (χ1n) is 10.0. The molecule has 4 rings (SSSR count). The van der Waals surface area contributed by atoms with Gasteiger partial charge in [-0.05, 0) is 25.0 Å². The number of rotatable bonds is 7. The molecule has 2 aliphatic heterocycles. The number of hydrogen-bond donors (Lipinski definition) is 1. The largest absolute Gasteiger partial charge is 0.495 e. The van der Waals surface area contributed by atoms with Crippen LogP contribution < -0.4 is 15.2 Å². The molecule has 2 aromatic rings. The van der Waals surface area contributed by atoms with Crippen molar-refractivity contribution in [2.24, 2.45) is 0 Å². The molecule has 29 heavy (non-hydrogen) atoms. The highest BCUT2D eigenvalue weighted by Crippen LogP contribution is 2.39. The normalized spacial score (nSPS) is 20.3. The van der Waals surface area contributed by atoms with Gasteiger partial charge in [0.25, 0.3) is 5.56 Å². The first-order chi connectivity index (χ1) is 14.1. The molecule has 7 nitrogen and oxygen atoms in total. The zero-order chi connectivity index (χ0) is 20.4. The zero-order valence-corrected chi connectivity index (χ0v) is 17.6. The fraction of sp³-hybridized carbons (Fsp3) is 0.476. The van der Waals surface area contributed by atoms with Gasteiger partial charge >= 0.3 is 0 Å². The van der Waals surface area contributed by atoms with Gasteiger partial charge < -0.3 is 19.5 Å². The van der Waals surface area contributed by atoms with Crippen LogP contribution >= 0.6 is 11.8 Å². The molecule has 0 radical (unpaired) electrons. The van der Waals surface area contributed by atoms with Crippen molar-refractivity contribution >= 4 is 23.4 Å². The second kappa shape index (κ2) is 8.49. The quantitative estimate of drug-likeness (QED) is 0.553. The van der Waals surface area contributed by atoms with Crippen molar-refractivity contribution in [2.75, 3.05) is 30.9 Å². The van der Waals surface area contributed by atoms with Gasteiger partial charge in [0.05, 0.1) is 24.6 Å². The summed E-state index contributed by atoms with van der Waals surface area (Å²) in [5, 5.41) is 0.523. The van der Waals surface area contributed by atoms with Gasteiger partial charge in [0, 0.05) is 30.9 Å². The number of anilines is 1. The molecule has 2 atom stereocenters. The molecule has 2 bridgehead atoms. The monoisotopic (exact) mass is 414 g/mol. The molecule has 1 N–H and O–H groups in total. The predicted molar refractivity (Wildman–Crippen MR) is 114 cm³/mol. The summed E-state index contributed by atoms with van der Waals surface area (Å²) in [6.45, 7) is 3.60. The van der Waals surface area contributed by atoms with Crippen molar-refractivity contribution in [3.63, 3.8) is 0 Å². The number of H-pyrrole nitrogens is 1. The predicted octanol–water partition coefficient (Wildman–Crippen LogP) is 2.31. The lowest BCUT2D eigenvalue weighted by Gasteiger charge is -2.36. The lowest BCUT2D eigenvalue weighted by Crippen LogP contribution is -2.49. The number of amides is 1. The van der Waals surface area contributed by atoms with Crippen molar-refractivity contribution in [2.45, 2.75) is 43.4 Å². The minimum absolute atomic E-state index is 0.103. The van der Waals surface area contributed by atoms with Crippen molar-refractivity contribution in [1.29, 1.82) is 0 Å². The number of hydrogen-bond acceptors (Lipinski definition) is 6. The average Bonchev–Trinajstić information content (AvgIpc) is 3.33. The average molecular weight is 415 g/mol. The maximum absolute atomic E-state index is 12.8. The third kappa shape index (κ3) is 4.12. The molecule has 154 valence electrons. The molecule has 2 saturated heterocycles. The van der Waals surface area contributed by atoms with E-state index in [0.717, 1.165) is 49.5 Å². The number of thioether (sulfide) groups is 1. The van der Waals surface area contributed by atoms with Gasteiger partial charge in [0.2, 0.25) is 5.91 Å². The Balaban J connectivity index is 1.37. The Hall–Kier alpha value is -2.48. The summed E-state index contributed by atoms with van der Waals surface area (Å²) in [5.74, 6) is 1.26. The smallest absolute Gasteiger partial charge is 0.251 e. The number of nitrogens with zero attached hydrogens (tertiary/aromatic N) is 3. The summed E-state index contributed by atoms with van der Waals surface area (Å²) in [4.78, 5) is 36.1. The molecular formula is C21H26N4O3S. The Labute approximate surface area is 174 Å². The second-order valence-corrected chi connectivity index (χ2v) is 8.46. The number of ether oxygens (including phenoxy) is 1. The summed E-state index contributed by atoms with van der Waals surface area (Å²) in [7, 11) is 1.69. The van der Waals surface area contributed by atoms with Gasteiger partial charge in [-0.15, -0.1) is 0 Å². The van der Waals surface area contributed by atoms with Gasteiger partial charge in [-0.3, -0.25) is 9.59 Å². The Bertz CT molecular complexity index is 948. The van der Waals surface area contributed by atoms with E-state index in [1.165, 1.54) is 17.8 Å². The number of likely N-dealkylation sites (tertiary alicyclic amines) is 1. The number of para-hydroxylation sites is 2. The molecule has 0 unspecified atom stereocenters. The number of benzene rings is 1. The highest BCUT2D eigenvalue weighted by Gasteiger charge is 2.45. The summed E-state index contributed by atoms with van der Waals surface area (Å²) < 4.78 is 5.50. The second-order valence-electron chi connectivity index (χ2n) is 7.49. The summed E-state index contributed by atoms with van der Waals surface area (Å²) >= 11 is 1.31. The fourth-order valence-electron chi connectivity index (χ4n) is 4.28. The zero-order valence-electron chi connectivity index (χ0n) is 16.8. The first-order valence-corrected chi connectivity index (χ1v) is 11.0. The van der Waals surface area contributed by atoms with Crippen LogP contribution in [-0.4, -0.2) is 58.8 Å². The Kier molecular flexibility index (Phi) is 5.80. The van der Waals surface area contributed by atoms with Crippen LogP contribution in [0, 0.1) is 0 Å². The van der Waals surface area contributed by atoms with Gasteiger partial charge in [0.15, 0.2) is 5.16 Å². The van der Waals surface area contributed by atoms with E-state index in [-0.39, 0.29) is 23.3 Å². The van der Waals surface area contributed by atoms with Gasteiger partial charge in [-0.25, -0.2) is 4.98 Å². The Morgan fingerprint density at radius 2 is 2.14 bits per heavy atom. The molecule has 2 fully saturated rings. The minimum atomic E-state index is -0.161. The van der Waals surface area contributed by atoms with Crippen LogP contribution in [0.25, 0.3) is 0 Å². The lowest BCUT2D eigenvalue weighted by atomic mass is 10.2. The molecule has 1 aromatic carbocycles. The van der Waals surface area contributed by atoms with Crippen LogP contribution in [0.4, 0.5) is 5.69 Å². The highest BCUT2D eigenvalue weighted by molar-refractivity contribution is 7.99. The van der Waals surface area contributed by atoms with Gasteiger partial charge in [-0.1, -0.05) is 37.2 Å². The third-order valence-corrected chi connectivity index (χ3v) is 6.43. The number of aromatic nitrogens is 2. The van der Waals surface area contributed by atoms with Crippen molar-refractivity contribution in [1.82, 2.24) is 14.9 Å². The Morgan fingerprint density at radius 1 is 1.31 bits per heavy atom. The van der Waals surface area contributed by atoms with Crippen molar-refractivity contribution < 1.29 is 9.53 Å². The summed E-state index contributed by atoms with van der Waals surface area (Å²) in [6.07, 6.45) is 2.68. The summed E-state index contributed by atoms with van der Waals surface area (Å²) in [5.41, 5.74) is 1.71. The van der Waals surface area contributed by atoms with E-state index in [1.807, 2.05) is 23.1 Å². The van der Waals surface area contributed by atoms with E-state index < -0.39 is 0 Å². The SMILES string of the molecule is CCCc1cc(=O)[nH]c(SCC(=O)N2C[C@@H]3C[C@H]2CN3c2ccccc2OC)n1. The number of aryl methyl sites for hydroxylation is 1. The van der Waals surface area contributed by atoms with Crippen molar-refractivity contribution in [3.8, 4) is 5.75 Å². The van der Waals surface area contributed by atoms with E-state index >= 15 is 0 Å². The number of carbonyl (C=O) groups is 1. The molecule has 0 aliphatic carbocycles. The van der Waals surface area contributed by atoms with E-state index in [1.54, 1.807) is 7.11 Å². The molecule has 2 aliphatic rings. The van der Waals surface area contributed by atoms with Gasteiger partial charge in [0.1, 0.15) is 5.75 Å². The molecule has 0 spiro atoms. The number of nitrogens with one attached hydrogen (secondary N) is 1. The highest BCUT2D eigenvalue weighted by atomic mass is 32.2. The van der Waals surface area contributed by atoms with Crippen LogP contribution in [0.5, 0.6) is 5.75 Å². The molecule has 3 heterocycles. The van der Waals surface area contributed by atoms with Crippen LogP contribution in [-0.2, 0) is 11.2 Å². The molecular weight excluding hydrogens is 388 g/mol. The molecule has 8 heteroatoms. The lowest BCUT2D eigenvalue weighted by molar-refractivity contribution is -0.129.